The highest BCUT2D eigenvalue weighted by molar-refractivity contribution is 9.11. The first-order chi connectivity index (χ1) is 15.5. The quantitative estimate of drug-likeness (QED) is 0.162. The van der Waals surface area contributed by atoms with Crippen molar-refractivity contribution in [2.24, 2.45) is 0 Å². The highest BCUT2D eigenvalue weighted by atomic mass is 79.9. The summed E-state index contributed by atoms with van der Waals surface area (Å²) in [7, 11) is 3.10. The van der Waals surface area contributed by atoms with Gasteiger partial charge in [-0.2, -0.15) is 0 Å². The first-order valence-corrected chi connectivity index (χ1v) is 11.8. The van der Waals surface area contributed by atoms with Gasteiger partial charge in [0.05, 0.1) is 10.3 Å². The van der Waals surface area contributed by atoms with Gasteiger partial charge in [0.2, 0.25) is 11.8 Å². The maximum absolute atomic E-state index is 13.0. The minimum Gasteiger partial charge on any atom is -0.488 e. The molecule has 0 saturated heterocycles. The number of unbranched alkanes of at least 4 members (excludes halogenated alkanes) is 2. The van der Waals surface area contributed by atoms with E-state index in [0.29, 0.717) is 31.6 Å². The van der Waals surface area contributed by atoms with Crippen LogP contribution in [0.3, 0.4) is 0 Å². The number of carbonyl (C=O) groups is 2. The van der Waals surface area contributed by atoms with Crippen molar-refractivity contribution in [3.8, 4) is 5.75 Å². The first-order valence-electron chi connectivity index (χ1n) is 10.2. The molecule has 0 unspecified atom stereocenters. The van der Waals surface area contributed by atoms with Crippen molar-refractivity contribution in [1.82, 2.24) is 5.48 Å². The molecule has 2 rings (SSSR count). The fourth-order valence-corrected chi connectivity index (χ4v) is 4.44. The number of thiophene rings is 1. The summed E-state index contributed by atoms with van der Waals surface area (Å²) >= 11 is 5.06. The second-order valence-corrected chi connectivity index (χ2v) is 9.53. The third-order valence-corrected chi connectivity index (χ3v) is 6.33. The van der Waals surface area contributed by atoms with Gasteiger partial charge in [0.25, 0.3) is 0 Å². The number of anilines is 1. The molecule has 2 amide bonds. The van der Waals surface area contributed by atoms with E-state index in [1.54, 1.807) is 35.9 Å². The van der Waals surface area contributed by atoms with Crippen LogP contribution < -0.4 is 15.1 Å². The van der Waals surface area contributed by atoms with E-state index in [0.717, 1.165) is 20.8 Å². The standard InChI is InChI=1S/C22H29BrN2O6S/c1-29-22(30-2)15-31-17-10-8-16(9-11-17)25(14-18-12-13-19(23)32-18)21(27)7-5-3-4-6-20(26)24-28/h8-13,22,28H,3-7,14-15H2,1-2H3,(H,24,26). The Morgan fingerprint density at radius 3 is 2.34 bits per heavy atom. The number of hydrogen-bond acceptors (Lipinski definition) is 7. The summed E-state index contributed by atoms with van der Waals surface area (Å²) in [6.07, 6.45) is 2.17. The third kappa shape index (κ3) is 8.87. The van der Waals surface area contributed by atoms with Crippen molar-refractivity contribution in [1.29, 1.82) is 0 Å². The molecule has 0 atom stereocenters. The monoisotopic (exact) mass is 528 g/mol. The summed E-state index contributed by atoms with van der Waals surface area (Å²) in [6.45, 7) is 0.726. The van der Waals surface area contributed by atoms with E-state index >= 15 is 0 Å². The van der Waals surface area contributed by atoms with Crippen LogP contribution in [-0.2, 0) is 25.6 Å². The molecule has 0 bridgehead atoms. The lowest BCUT2D eigenvalue weighted by Crippen LogP contribution is -2.29. The van der Waals surface area contributed by atoms with Crippen molar-refractivity contribution >= 4 is 44.8 Å². The summed E-state index contributed by atoms with van der Waals surface area (Å²) in [5, 5.41) is 8.54. The molecule has 0 aliphatic heterocycles. The number of benzene rings is 1. The Bertz CT molecular complexity index is 841. The molecule has 10 heteroatoms. The van der Waals surface area contributed by atoms with Gasteiger partial charge in [-0.05, 0) is 65.2 Å². The topological polar surface area (TPSA) is 97.3 Å². The Labute approximate surface area is 200 Å². The normalized spacial score (nSPS) is 10.9. The van der Waals surface area contributed by atoms with E-state index in [1.165, 1.54) is 0 Å². The molecule has 0 spiro atoms. The molecule has 0 aliphatic carbocycles. The number of rotatable bonds is 14. The third-order valence-electron chi connectivity index (χ3n) is 4.72. The SMILES string of the molecule is COC(COc1ccc(N(Cc2ccc(Br)s2)C(=O)CCCCCC(=O)NO)cc1)OC. The Morgan fingerprint density at radius 1 is 1.06 bits per heavy atom. The van der Waals surface area contributed by atoms with Crippen LogP contribution in [0.5, 0.6) is 5.75 Å². The number of carbonyl (C=O) groups excluding carboxylic acids is 2. The number of ether oxygens (including phenoxy) is 3. The summed E-state index contributed by atoms with van der Waals surface area (Å²) in [5.74, 6) is 0.251. The van der Waals surface area contributed by atoms with Crippen molar-refractivity contribution in [2.45, 2.75) is 44.9 Å². The summed E-state index contributed by atoms with van der Waals surface area (Å²) in [5.41, 5.74) is 2.40. The predicted molar refractivity (Wildman–Crippen MR) is 126 cm³/mol. The minimum absolute atomic E-state index is 0.00799. The van der Waals surface area contributed by atoms with E-state index in [4.69, 9.17) is 19.4 Å². The Hall–Kier alpha value is -1.98. The largest absolute Gasteiger partial charge is 0.488 e. The van der Waals surface area contributed by atoms with Gasteiger partial charge >= 0.3 is 0 Å². The van der Waals surface area contributed by atoms with Crippen LogP contribution in [0.15, 0.2) is 40.2 Å². The minimum atomic E-state index is -0.450. The molecule has 0 fully saturated rings. The second kappa shape index (κ2) is 14.2. The van der Waals surface area contributed by atoms with Gasteiger partial charge in [0.1, 0.15) is 12.4 Å². The van der Waals surface area contributed by atoms with Crippen molar-refractivity contribution in [3.05, 3.63) is 45.1 Å². The number of halogens is 1. The fourth-order valence-electron chi connectivity index (χ4n) is 2.96. The molecule has 176 valence electrons. The number of methoxy groups -OCH3 is 2. The van der Waals surface area contributed by atoms with E-state index < -0.39 is 12.2 Å². The van der Waals surface area contributed by atoms with Crippen LogP contribution >= 0.6 is 27.3 Å². The lowest BCUT2D eigenvalue weighted by Gasteiger charge is -2.23. The molecule has 1 heterocycles. The van der Waals surface area contributed by atoms with Crippen molar-refractivity contribution in [3.63, 3.8) is 0 Å². The van der Waals surface area contributed by atoms with E-state index in [9.17, 15) is 9.59 Å². The molecule has 0 radical (unpaired) electrons. The summed E-state index contributed by atoms with van der Waals surface area (Å²) in [6, 6.07) is 11.3. The van der Waals surface area contributed by atoms with Crippen molar-refractivity contribution in [2.75, 3.05) is 25.7 Å². The molecule has 2 aromatic rings. The Balaban J connectivity index is 2.01. The number of nitrogens with one attached hydrogen (secondary N) is 1. The van der Waals surface area contributed by atoms with Gasteiger partial charge in [0.15, 0.2) is 6.29 Å². The molecular formula is C22H29BrN2O6S. The Morgan fingerprint density at radius 2 is 1.75 bits per heavy atom. The lowest BCUT2D eigenvalue weighted by molar-refractivity contribution is -0.129. The molecule has 1 aromatic heterocycles. The van der Waals surface area contributed by atoms with Crippen LogP contribution in [0.4, 0.5) is 5.69 Å². The number of hydroxylamine groups is 1. The number of hydrogen-bond donors (Lipinski definition) is 2. The van der Waals surface area contributed by atoms with Gasteiger partial charge in [-0.3, -0.25) is 14.8 Å². The van der Waals surface area contributed by atoms with E-state index in [1.807, 2.05) is 36.4 Å². The molecule has 8 nitrogen and oxygen atoms in total. The predicted octanol–water partition coefficient (Wildman–Crippen LogP) is 4.50. The molecule has 0 saturated carbocycles. The lowest BCUT2D eigenvalue weighted by atomic mass is 10.1. The van der Waals surface area contributed by atoms with Crippen LogP contribution in [0.1, 0.15) is 37.0 Å². The Kier molecular flexibility index (Phi) is 11.7. The maximum Gasteiger partial charge on any atom is 0.243 e. The van der Waals surface area contributed by atoms with Gasteiger partial charge < -0.3 is 19.1 Å². The van der Waals surface area contributed by atoms with Crippen LogP contribution in [0, 0.1) is 0 Å². The average Bonchev–Trinajstić information content (AvgIpc) is 3.22. The molecule has 2 N–H and O–H groups in total. The highest BCUT2D eigenvalue weighted by Gasteiger charge is 2.17. The van der Waals surface area contributed by atoms with Crippen LogP contribution in [-0.4, -0.2) is 44.1 Å². The van der Waals surface area contributed by atoms with Crippen LogP contribution in [0.2, 0.25) is 0 Å². The van der Waals surface area contributed by atoms with Gasteiger partial charge in [-0.15, -0.1) is 11.3 Å². The van der Waals surface area contributed by atoms with Gasteiger partial charge in [-0.25, -0.2) is 5.48 Å². The summed E-state index contributed by atoms with van der Waals surface area (Å²) in [4.78, 5) is 26.9. The smallest absolute Gasteiger partial charge is 0.243 e. The molecule has 32 heavy (non-hydrogen) atoms. The highest BCUT2D eigenvalue weighted by Crippen LogP contribution is 2.27. The molecule has 1 aromatic carbocycles. The average molecular weight is 529 g/mol. The maximum atomic E-state index is 13.0. The van der Waals surface area contributed by atoms with Gasteiger partial charge in [0, 0.05) is 37.6 Å². The van der Waals surface area contributed by atoms with Crippen LogP contribution in [0.25, 0.3) is 0 Å². The second-order valence-electron chi connectivity index (χ2n) is 6.99. The number of nitrogens with zero attached hydrogens (tertiary/aromatic N) is 1. The number of amides is 2. The zero-order chi connectivity index (χ0) is 23.3. The zero-order valence-electron chi connectivity index (χ0n) is 18.2. The van der Waals surface area contributed by atoms with Gasteiger partial charge in [-0.1, -0.05) is 6.42 Å². The van der Waals surface area contributed by atoms with E-state index in [-0.39, 0.29) is 18.9 Å². The summed E-state index contributed by atoms with van der Waals surface area (Å²) < 4.78 is 16.9. The van der Waals surface area contributed by atoms with E-state index in [2.05, 4.69) is 15.9 Å². The molecular weight excluding hydrogens is 500 g/mol. The van der Waals surface area contributed by atoms with Crippen molar-refractivity contribution < 1.29 is 29.0 Å². The first kappa shape index (κ1) is 26.3. The fraction of sp³-hybridized carbons (Fsp3) is 0.455. The molecule has 0 aliphatic rings. The zero-order valence-corrected chi connectivity index (χ0v) is 20.6.